The molecular weight excluding hydrogens is 383 g/mol. The molecule has 0 unspecified atom stereocenters. The van der Waals surface area contributed by atoms with Crippen LogP contribution in [0.25, 0.3) is 0 Å². The van der Waals surface area contributed by atoms with Gasteiger partial charge in [0, 0.05) is 10.5 Å². The third-order valence-electron chi connectivity index (χ3n) is 2.22. The van der Waals surface area contributed by atoms with E-state index >= 15 is 0 Å². The Hall–Kier alpha value is -0.780. The van der Waals surface area contributed by atoms with Crippen LogP contribution in [-0.4, -0.2) is 12.1 Å². The Morgan fingerprint density at radius 2 is 2.00 bits per heavy atom. The molecule has 2 aromatic rings. The van der Waals surface area contributed by atoms with Crippen molar-refractivity contribution in [1.29, 1.82) is 0 Å². The third kappa shape index (κ3) is 3.16. The summed E-state index contributed by atoms with van der Waals surface area (Å²) in [6.07, 6.45) is 0. The van der Waals surface area contributed by atoms with Crippen molar-refractivity contribution in [2.75, 3.05) is 12.4 Å². The van der Waals surface area contributed by atoms with Gasteiger partial charge in [-0.25, -0.2) is 4.98 Å². The summed E-state index contributed by atoms with van der Waals surface area (Å²) in [5.41, 5.74) is 0.852. The lowest BCUT2D eigenvalue weighted by Gasteiger charge is -2.11. The first kappa shape index (κ1) is 13.6. The fraction of sp³-hybridized carbons (Fsp3) is 0.0833. The second kappa shape index (κ2) is 5.91. The number of benzene rings is 1. The quantitative estimate of drug-likeness (QED) is 0.746. The molecule has 0 radical (unpaired) electrons. The fourth-order valence-electron chi connectivity index (χ4n) is 1.40. The summed E-state index contributed by atoms with van der Waals surface area (Å²) >= 11 is 12.7. The van der Waals surface area contributed by atoms with E-state index in [0.717, 1.165) is 20.4 Å². The lowest BCUT2D eigenvalue weighted by atomic mass is 10.3. The summed E-state index contributed by atoms with van der Waals surface area (Å²) in [4.78, 5) is 4.17. The minimum absolute atomic E-state index is 0.445. The van der Waals surface area contributed by atoms with Crippen molar-refractivity contribution in [2.45, 2.75) is 0 Å². The summed E-state index contributed by atoms with van der Waals surface area (Å²) < 4.78 is 7.02. The van der Waals surface area contributed by atoms with Gasteiger partial charge in [0.1, 0.15) is 16.7 Å². The molecule has 0 aliphatic heterocycles. The SMILES string of the molecule is COc1cc(Nc2cccc(Cl)n2)c(Br)cc1Br. The molecule has 18 heavy (non-hydrogen) atoms. The molecule has 0 saturated carbocycles. The Bertz CT molecular complexity index is 578. The van der Waals surface area contributed by atoms with Crippen LogP contribution in [0, 0.1) is 0 Å². The Balaban J connectivity index is 2.34. The van der Waals surface area contributed by atoms with E-state index in [1.807, 2.05) is 24.3 Å². The van der Waals surface area contributed by atoms with Gasteiger partial charge in [-0.1, -0.05) is 17.7 Å². The molecule has 1 heterocycles. The molecule has 94 valence electrons. The number of aromatic nitrogens is 1. The van der Waals surface area contributed by atoms with Gasteiger partial charge in [-0.2, -0.15) is 0 Å². The molecule has 6 heteroatoms. The number of nitrogens with zero attached hydrogens (tertiary/aromatic N) is 1. The van der Waals surface area contributed by atoms with Crippen LogP contribution < -0.4 is 10.1 Å². The first-order valence-corrected chi connectivity index (χ1v) is 6.99. The van der Waals surface area contributed by atoms with Gasteiger partial charge in [0.15, 0.2) is 0 Å². The standard InChI is InChI=1S/C12H9Br2ClN2O/c1-18-10-6-9(7(13)5-8(10)14)16-12-4-2-3-11(15)17-12/h2-6H,1H3,(H,16,17). The highest BCUT2D eigenvalue weighted by Crippen LogP contribution is 2.35. The van der Waals surface area contributed by atoms with Crippen LogP contribution in [0.2, 0.25) is 5.15 Å². The second-order valence-electron chi connectivity index (χ2n) is 3.44. The number of ether oxygens (including phenoxy) is 1. The van der Waals surface area contributed by atoms with Gasteiger partial charge >= 0.3 is 0 Å². The Morgan fingerprint density at radius 3 is 2.67 bits per heavy atom. The minimum Gasteiger partial charge on any atom is -0.495 e. The van der Waals surface area contributed by atoms with E-state index in [0.29, 0.717) is 11.0 Å². The smallest absolute Gasteiger partial charge is 0.135 e. The molecule has 3 nitrogen and oxygen atoms in total. The Kier molecular flexibility index (Phi) is 4.48. The third-order valence-corrected chi connectivity index (χ3v) is 3.71. The van der Waals surface area contributed by atoms with Gasteiger partial charge in [0.05, 0.1) is 17.3 Å². The van der Waals surface area contributed by atoms with E-state index in [2.05, 4.69) is 42.2 Å². The molecule has 0 saturated heterocycles. The number of nitrogens with one attached hydrogen (secondary N) is 1. The molecular formula is C12H9Br2ClN2O. The van der Waals surface area contributed by atoms with Crippen molar-refractivity contribution in [3.63, 3.8) is 0 Å². The van der Waals surface area contributed by atoms with Crippen molar-refractivity contribution in [1.82, 2.24) is 4.98 Å². The number of pyridine rings is 1. The van der Waals surface area contributed by atoms with Gasteiger partial charge in [0.25, 0.3) is 0 Å². The minimum atomic E-state index is 0.445. The van der Waals surface area contributed by atoms with Crippen molar-refractivity contribution < 1.29 is 4.74 Å². The van der Waals surface area contributed by atoms with Crippen LogP contribution in [0.1, 0.15) is 0 Å². The molecule has 1 aromatic heterocycles. The van der Waals surface area contributed by atoms with E-state index in [4.69, 9.17) is 16.3 Å². The first-order chi connectivity index (χ1) is 8.60. The maximum absolute atomic E-state index is 5.84. The van der Waals surface area contributed by atoms with Crippen LogP contribution in [0.15, 0.2) is 39.3 Å². The van der Waals surface area contributed by atoms with Gasteiger partial charge in [-0.15, -0.1) is 0 Å². The highest BCUT2D eigenvalue weighted by molar-refractivity contribution is 9.11. The fourth-order valence-corrected chi connectivity index (χ4v) is 2.82. The highest BCUT2D eigenvalue weighted by atomic mass is 79.9. The monoisotopic (exact) mass is 390 g/mol. The van der Waals surface area contributed by atoms with Crippen molar-refractivity contribution >= 4 is 55.0 Å². The summed E-state index contributed by atoms with van der Waals surface area (Å²) in [6.45, 7) is 0. The largest absolute Gasteiger partial charge is 0.495 e. The maximum atomic E-state index is 5.84. The molecule has 1 aromatic carbocycles. The van der Waals surface area contributed by atoms with Crippen LogP contribution in [-0.2, 0) is 0 Å². The highest BCUT2D eigenvalue weighted by Gasteiger charge is 2.08. The summed E-state index contributed by atoms with van der Waals surface area (Å²) in [5, 5.41) is 3.62. The average molecular weight is 392 g/mol. The number of hydrogen-bond acceptors (Lipinski definition) is 3. The van der Waals surface area contributed by atoms with Gasteiger partial charge in [-0.05, 0) is 50.1 Å². The molecule has 0 bridgehead atoms. The van der Waals surface area contributed by atoms with E-state index in [1.165, 1.54) is 0 Å². The first-order valence-electron chi connectivity index (χ1n) is 5.03. The van der Waals surface area contributed by atoms with Crippen LogP contribution >= 0.6 is 43.5 Å². The molecule has 0 fully saturated rings. The molecule has 0 amide bonds. The molecule has 2 rings (SSSR count). The van der Waals surface area contributed by atoms with E-state index in [9.17, 15) is 0 Å². The topological polar surface area (TPSA) is 34.1 Å². The van der Waals surface area contributed by atoms with Crippen LogP contribution in [0.5, 0.6) is 5.75 Å². The second-order valence-corrected chi connectivity index (χ2v) is 5.53. The van der Waals surface area contributed by atoms with E-state index in [-0.39, 0.29) is 0 Å². The van der Waals surface area contributed by atoms with Crippen molar-refractivity contribution in [3.05, 3.63) is 44.4 Å². The molecule has 0 aliphatic carbocycles. The van der Waals surface area contributed by atoms with Crippen molar-refractivity contribution in [2.24, 2.45) is 0 Å². The average Bonchev–Trinajstić information content (AvgIpc) is 2.33. The van der Waals surface area contributed by atoms with Crippen molar-refractivity contribution in [3.8, 4) is 5.75 Å². The molecule has 0 atom stereocenters. The number of hydrogen-bond donors (Lipinski definition) is 1. The van der Waals surface area contributed by atoms with Gasteiger partial charge < -0.3 is 10.1 Å². The zero-order valence-electron chi connectivity index (χ0n) is 9.38. The number of rotatable bonds is 3. The van der Waals surface area contributed by atoms with Crippen LogP contribution in [0.3, 0.4) is 0 Å². The zero-order valence-corrected chi connectivity index (χ0v) is 13.3. The molecule has 0 aliphatic rings. The Morgan fingerprint density at radius 1 is 1.22 bits per heavy atom. The van der Waals surface area contributed by atoms with E-state index in [1.54, 1.807) is 13.2 Å². The van der Waals surface area contributed by atoms with Gasteiger partial charge in [-0.3, -0.25) is 0 Å². The molecule has 1 N–H and O–H groups in total. The lowest BCUT2D eigenvalue weighted by molar-refractivity contribution is 0.412. The summed E-state index contributed by atoms with van der Waals surface area (Å²) in [7, 11) is 1.62. The normalized spacial score (nSPS) is 10.2. The maximum Gasteiger partial charge on any atom is 0.135 e. The molecule has 0 spiro atoms. The predicted molar refractivity (Wildman–Crippen MR) is 80.9 cm³/mol. The van der Waals surface area contributed by atoms with E-state index < -0.39 is 0 Å². The predicted octanol–water partition coefficient (Wildman–Crippen LogP) is 5.01. The lowest BCUT2D eigenvalue weighted by Crippen LogP contribution is -1.95. The van der Waals surface area contributed by atoms with Gasteiger partial charge in [0.2, 0.25) is 0 Å². The summed E-state index contributed by atoms with van der Waals surface area (Å²) in [6, 6.07) is 9.18. The summed E-state index contributed by atoms with van der Waals surface area (Å²) in [5.74, 6) is 1.41. The zero-order chi connectivity index (χ0) is 13.1. The Labute approximate surface area is 127 Å². The van der Waals surface area contributed by atoms with Crippen LogP contribution in [0.4, 0.5) is 11.5 Å². The number of methoxy groups -OCH3 is 1. The number of anilines is 2. The number of halogens is 3.